The van der Waals surface area contributed by atoms with Crippen LogP contribution >= 0.6 is 0 Å². The van der Waals surface area contributed by atoms with E-state index < -0.39 is 17.6 Å². The first kappa shape index (κ1) is 19.8. The molecule has 0 fully saturated rings. The molecule has 0 aromatic heterocycles. The van der Waals surface area contributed by atoms with Gasteiger partial charge in [-0.25, -0.2) is 0 Å². The van der Waals surface area contributed by atoms with Gasteiger partial charge in [0.2, 0.25) is 0 Å². The largest absolute Gasteiger partial charge is 0.483 e. The topological polar surface area (TPSA) is 38.3 Å². The van der Waals surface area contributed by atoms with E-state index >= 15 is 0 Å². The van der Waals surface area contributed by atoms with E-state index in [4.69, 9.17) is 4.74 Å². The summed E-state index contributed by atoms with van der Waals surface area (Å²) in [5, 5.41) is 2.43. The number of aryl methyl sites for hydroxylation is 1. The molecule has 140 valence electrons. The fourth-order valence-corrected chi connectivity index (χ4v) is 2.47. The van der Waals surface area contributed by atoms with E-state index in [-0.39, 0.29) is 17.7 Å². The van der Waals surface area contributed by atoms with Crippen molar-refractivity contribution in [1.29, 1.82) is 0 Å². The van der Waals surface area contributed by atoms with Crippen LogP contribution in [-0.4, -0.2) is 12.5 Å². The summed E-state index contributed by atoms with van der Waals surface area (Å²) in [4.78, 5) is 12.1. The lowest BCUT2D eigenvalue weighted by Gasteiger charge is -2.23. The van der Waals surface area contributed by atoms with E-state index in [2.05, 4.69) is 5.32 Å². The minimum atomic E-state index is -4.46. The molecule has 0 saturated heterocycles. The minimum Gasteiger partial charge on any atom is -0.483 e. The van der Waals surface area contributed by atoms with Gasteiger partial charge in [-0.05, 0) is 42.2 Å². The number of alkyl halides is 3. The van der Waals surface area contributed by atoms with Crippen LogP contribution in [0.4, 0.5) is 18.9 Å². The van der Waals surface area contributed by atoms with Crippen molar-refractivity contribution in [3.63, 3.8) is 0 Å². The summed E-state index contributed by atoms with van der Waals surface area (Å²) in [6.45, 7) is 7.80. The molecule has 26 heavy (non-hydrogen) atoms. The maximum Gasteiger partial charge on any atom is 0.416 e. The summed E-state index contributed by atoms with van der Waals surface area (Å²) in [7, 11) is 0. The first-order chi connectivity index (χ1) is 12.0. The van der Waals surface area contributed by atoms with Crippen molar-refractivity contribution in [2.45, 2.75) is 39.3 Å². The number of rotatable bonds is 4. The normalized spacial score (nSPS) is 12.0. The van der Waals surface area contributed by atoms with Crippen molar-refractivity contribution in [2.75, 3.05) is 11.9 Å². The van der Waals surface area contributed by atoms with Crippen LogP contribution in [0.3, 0.4) is 0 Å². The standard InChI is InChI=1S/C20H22F3NO2/c1-13-8-9-17(16(10-13)19(2,3)4)26-12-18(25)24-15-7-5-6-14(11-15)20(21,22)23/h5-11H,12H2,1-4H3,(H,24,25). The van der Waals surface area contributed by atoms with Crippen LogP contribution in [0.15, 0.2) is 42.5 Å². The highest BCUT2D eigenvalue weighted by Crippen LogP contribution is 2.32. The molecule has 0 heterocycles. The van der Waals surface area contributed by atoms with Gasteiger partial charge in [0.25, 0.3) is 5.91 Å². The third-order valence-corrected chi connectivity index (χ3v) is 3.78. The van der Waals surface area contributed by atoms with Crippen LogP contribution in [0.2, 0.25) is 0 Å². The molecule has 0 spiro atoms. The Labute approximate surface area is 151 Å². The summed E-state index contributed by atoms with van der Waals surface area (Å²) < 4.78 is 43.8. The fourth-order valence-electron chi connectivity index (χ4n) is 2.47. The van der Waals surface area contributed by atoms with Crippen molar-refractivity contribution < 1.29 is 22.7 Å². The number of anilines is 1. The lowest BCUT2D eigenvalue weighted by atomic mass is 9.85. The second kappa shape index (κ2) is 7.40. The first-order valence-electron chi connectivity index (χ1n) is 8.18. The second-order valence-corrected chi connectivity index (χ2v) is 7.17. The van der Waals surface area contributed by atoms with E-state index in [9.17, 15) is 18.0 Å². The van der Waals surface area contributed by atoms with Crippen LogP contribution in [-0.2, 0) is 16.4 Å². The van der Waals surface area contributed by atoms with Gasteiger partial charge < -0.3 is 10.1 Å². The van der Waals surface area contributed by atoms with Gasteiger partial charge in [-0.1, -0.05) is 44.5 Å². The molecule has 1 N–H and O–H groups in total. The molecule has 0 saturated carbocycles. The van der Waals surface area contributed by atoms with E-state index in [1.165, 1.54) is 12.1 Å². The first-order valence-corrected chi connectivity index (χ1v) is 8.18. The molecule has 0 atom stereocenters. The Morgan fingerprint density at radius 3 is 2.38 bits per heavy atom. The predicted octanol–water partition coefficient (Wildman–Crippen LogP) is 5.33. The molecule has 3 nitrogen and oxygen atoms in total. The number of halogens is 3. The Balaban J connectivity index is 2.07. The zero-order chi connectivity index (χ0) is 19.5. The molecule has 2 rings (SSSR count). The quantitative estimate of drug-likeness (QED) is 0.795. The van der Waals surface area contributed by atoms with E-state index in [0.29, 0.717) is 5.75 Å². The molecule has 1 amide bonds. The van der Waals surface area contributed by atoms with Crippen LogP contribution < -0.4 is 10.1 Å². The Morgan fingerprint density at radius 2 is 1.77 bits per heavy atom. The lowest BCUT2D eigenvalue weighted by molar-refractivity contribution is -0.137. The number of carbonyl (C=O) groups is 1. The van der Waals surface area contributed by atoms with Gasteiger partial charge in [-0.15, -0.1) is 0 Å². The summed E-state index contributed by atoms with van der Waals surface area (Å²) in [5.41, 5.74) is 1.14. The zero-order valence-corrected chi connectivity index (χ0v) is 15.2. The monoisotopic (exact) mass is 365 g/mol. The van der Waals surface area contributed by atoms with E-state index in [1.807, 2.05) is 39.8 Å². The van der Waals surface area contributed by atoms with Gasteiger partial charge in [-0.2, -0.15) is 13.2 Å². The molecule has 6 heteroatoms. The van der Waals surface area contributed by atoms with Gasteiger partial charge in [0.05, 0.1) is 5.56 Å². The molecular weight excluding hydrogens is 343 g/mol. The second-order valence-electron chi connectivity index (χ2n) is 7.17. The van der Waals surface area contributed by atoms with Gasteiger partial charge in [0.1, 0.15) is 5.75 Å². The van der Waals surface area contributed by atoms with Crippen LogP contribution in [0.5, 0.6) is 5.75 Å². The lowest BCUT2D eigenvalue weighted by Crippen LogP contribution is -2.22. The van der Waals surface area contributed by atoms with Gasteiger partial charge in [-0.3, -0.25) is 4.79 Å². The summed E-state index contributed by atoms with van der Waals surface area (Å²) >= 11 is 0. The van der Waals surface area contributed by atoms with Crippen molar-refractivity contribution in [2.24, 2.45) is 0 Å². The molecule has 0 unspecified atom stereocenters. The maximum atomic E-state index is 12.7. The van der Waals surface area contributed by atoms with E-state index in [0.717, 1.165) is 23.3 Å². The van der Waals surface area contributed by atoms with Crippen LogP contribution in [0, 0.1) is 6.92 Å². The highest BCUT2D eigenvalue weighted by molar-refractivity contribution is 5.92. The number of carbonyl (C=O) groups excluding carboxylic acids is 1. The van der Waals surface area contributed by atoms with Crippen molar-refractivity contribution in [3.8, 4) is 5.75 Å². The molecule has 0 radical (unpaired) electrons. The van der Waals surface area contributed by atoms with Gasteiger partial charge in [0.15, 0.2) is 6.61 Å². The van der Waals surface area contributed by atoms with E-state index in [1.54, 1.807) is 6.07 Å². The Morgan fingerprint density at radius 1 is 1.08 bits per heavy atom. The number of benzene rings is 2. The average Bonchev–Trinajstić information content (AvgIpc) is 2.52. The average molecular weight is 365 g/mol. The third-order valence-electron chi connectivity index (χ3n) is 3.78. The summed E-state index contributed by atoms with van der Waals surface area (Å²) in [5.74, 6) is 0.0621. The number of ether oxygens (including phenoxy) is 1. The Kier molecular flexibility index (Phi) is 5.64. The Hall–Kier alpha value is -2.50. The highest BCUT2D eigenvalue weighted by Gasteiger charge is 2.30. The molecule has 0 aliphatic rings. The predicted molar refractivity (Wildman–Crippen MR) is 95.4 cm³/mol. The number of amides is 1. The smallest absolute Gasteiger partial charge is 0.416 e. The molecular formula is C20H22F3NO2. The maximum absolute atomic E-state index is 12.7. The van der Waals surface area contributed by atoms with Gasteiger partial charge >= 0.3 is 6.18 Å². The fraction of sp³-hybridized carbons (Fsp3) is 0.350. The Bertz CT molecular complexity index is 792. The number of nitrogens with one attached hydrogen (secondary N) is 1. The molecule has 2 aromatic rings. The van der Waals surface area contributed by atoms with Gasteiger partial charge in [0, 0.05) is 5.69 Å². The molecule has 0 bridgehead atoms. The molecule has 0 aliphatic heterocycles. The molecule has 2 aromatic carbocycles. The van der Waals surface area contributed by atoms with Crippen LogP contribution in [0.1, 0.15) is 37.5 Å². The summed E-state index contributed by atoms with van der Waals surface area (Å²) in [6.07, 6.45) is -4.46. The molecule has 0 aliphatic carbocycles. The van der Waals surface area contributed by atoms with Crippen LogP contribution in [0.25, 0.3) is 0 Å². The van der Waals surface area contributed by atoms with Crippen molar-refractivity contribution >= 4 is 11.6 Å². The zero-order valence-electron chi connectivity index (χ0n) is 15.2. The van der Waals surface area contributed by atoms with Crippen molar-refractivity contribution in [3.05, 3.63) is 59.2 Å². The third kappa shape index (κ3) is 5.25. The highest BCUT2D eigenvalue weighted by atomic mass is 19.4. The van der Waals surface area contributed by atoms with Crippen molar-refractivity contribution in [1.82, 2.24) is 0 Å². The number of hydrogen-bond donors (Lipinski definition) is 1. The number of hydrogen-bond acceptors (Lipinski definition) is 2. The minimum absolute atomic E-state index is 0.0772. The summed E-state index contributed by atoms with van der Waals surface area (Å²) in [6, 6.07) is 10.2. The SMILES string of the molecule is Cc1ccc(OCC(=O)Nc2cccc(C(F)(F)F)c2)c(C(C)(C)C)c1.